The van der Waals surface area contributed by atoms with E-state index in [4.69, 9.17) is 9.84 Å². The lowest BCUT2D eigenvalue weighted by Crippen LogP contribution is -2.13. The van der Waals surface area contributed by atoms with Crippen LogP contribution in [0.3, 0.4) is 0 Å². The van der Waals surface area contributed by atoms with E-state index in [1.165, 1.54) is 0 Å². The smallest absolute Gasteiger partial charge is 0.338 e. The van der Waals surface area contributed by atoms with Crippen molar-refractivity contribution in [3.63, 3.8) is 0 Å². The maximum Gasteiger partial charge on any atom is 0.338 e. The first-order valence-electron chi connectivity index (χ1n) is 5.55. The Kier molecular flexibility index (Phi) is 4.26. The number of carbonyl (C=O) groups excluding carboxylic acids is 1. The molecule has 92 valence electrons. The maximum absolute atomic E-state index is 11.7. The first kappa shape index (κ1) is 13.2. The molecule has 0 bridgehead atoms. The van der Waals surface area contributed by atoms with Gasteiger partial charge in [-0.05, 0) is 43.5 Å². The number of esters is 1. The van der Waals surface area contributed by atoms with E-state index in [0.29, 0.717) is 17.5 Å². The van der Waals surface area contributed by atoms with Crippen molar-refractivity contribution in [2.45, 2.75) is 27.2 Å². The summed E-state index contributed by atoms with van der Waals surface area (Å²) in [6.07, 6.45) is 0.482. The van der Waals surface area contributed by atoms with Crippen molar-refractivity contribution in [3.8, 4) is 0 Å². The minimum atomic E-state index is -1.02. The van der Waals surface area contributed by atoms with Crippen LogP contribution in [-0.2, 0) is 11.2 Å². The highest BCUT2D eigenvalue weighted by Crippen LogP contribution is 2.19. The molecule has 0 aliphatic carbocycles. The zero-order valence-corrected chi connectivity index (χ0v) is 10.2. The predicted molar refractivity (Wildman–Crippen MR) is 63.5 cm³/mol. The Hall–Kier alpha value is -1.84. The number of carboxylic acids is 1. The second-order valence-electron chi connectivity index (χ2n) is 3.72. The summed E-state index contributed by atoms with van der Waals surface area (Å²) in [5.74, 6) is -1.48. The van der Waals surface area contributed by atoms with Gasteiger partial charge in [-0.2, -0.15) is 0 Å². The minimum Gasteiger partial charge on any atom is -0.478 e. The van der Waals surface area contributed by atoms with Gasteiger partial charge in [0.25, 0.3) is 0 Å². The quantitative estimate of drug-likeness (QED) is 0.815. The molecule has 0 radical (unpaired) electrons. The number of aryl methyl sites for hydroxylation is 1. The molecule has 0 saturated carbocycles. The lowest BCUT2D eigenvalue weighted by atomic mass is 9.96. The first-order valence-corrected chi connectivity index (χ1v) is 5.55. The molecule has 0 unspecified atom stereocenters. The van der Waals surface area contributed by atoms with E-state index in [1.54, 1.807) is 26.0 Å². The summed E-state index contributed by atoms with van der Waals surface area (Å²) in [6, 6.07) is 3.24. The van der Waals surface area contributed by atoms with Gasteiger partial charge in [-0.3, -0.25) is 0 Å². The molecule has 0 atom stereocenters. The van der Waals surface area contributed by atoms with Gasteiger partial charge in [0.15, 0.2) is 0 Å². The molecule has 1 N–H and O–H groups in total. The highest BCUT2D eigenvalue weighted by atomic mass is 16.5. The molecule has 0 aromatic heterocycles. The lowest BCUT2D eigenvalue weighted by Gasteiger charge is -2.11. The third-order valence-corrected chi connectivity index (χ3v) is 2.47. The third-order valence-electron chi connectivity index (χ3n) is 2.47. The fourth-order valence-corrected chi connectivity index (χ4v) is 1.78. The number of hydrogen-bond donors (Lipinski definition) is 1. The Morgan fingerprint density at radius 2 is 1.82 bits per heavy atom. The zero-order valence-electron chi connectivity index (χ0n) is 10.2. The molecule has 0 amide bonds. The Balaban J connectivity index is 3.37. The van der Waals surface area contributed by atoms with E-state index in [9.17, 15) is 9.59 Å². The number of carboxylic acid groups (broad SMARTS) is 1. The number of rotatable bonds is 4. The van der Waals surface area contributed by atoms with E-state index < -0.39 is 11.9 Å². The van der Waals surface area contributed by atoms with E-state index in [-0.39, 0.29) is 12.2 Å². The molecule has 0 saturated heterocycles. The van der Waals surface area contributed by atoms with Crippen LogP contribution in [0.1, 0.15) is 45.7 Å². The molecule has 17 heavy (non-hydrogen) atoms. The Bertz CT molecular complexity index is 449. The number of ether oxygens (including phenoxy) is 1. The van der Waals surface area contributed by atoms with Gasteiger partial charge in [-0.15, -0.1) is 0 Å². The minimum absolute atomic E-state index is 0.176. The highest BCUT2D eigenvalue weighted by molar-refractivity contribution is 5.97. The van der Waals surface area contributed by atoms with E-state index in [0.717, 1.165) is 5.56 Å². The fraction of sp³-hybridized carbons (Fsp3) is 0.385. The molecular formula is C13H16O4. The van der Waals surface area contributed by atoms with Crippen LogP contribution in [0.5, 0.6) is 0 Å². The highest BCUT2D eigenvalue weighted by Gasteiger charge is 2.19. The van der Waals surface area contributed by atoms with Crippen LogP contribution in [0.15, 0.2) is 12.1 Å². The van der Waals surface area contributed by atoms with Gasteiger partial charge >= 0.3 is 11.9 Å². The largest absolute Gasteiger partial charge is 0.478 e. The van der Waals surface area contributed by atoms with E-state index in [2.05, 4.69) is 0 Å². The van der Waals surface area contributed by atoms with Crippen LogP contribution in [0, 0.1) is 6.92 Å². The predicted octanol–water partition coefficient (Wildman–Crippen LogP) is 2.43. The molecular weight excluding hydrogens is 220 g/mol. The Morgan fingerprint density at radius 1 is 1.24 bits per heavy atom. The SMILES string of the molecule is CCOC(=O)c1cc(C)cc(C(=O)O)c1CC. The van der Waals surface area contributed by atoms with Gasteiger partial charge in [0, 0.05) is 0 Å². The fourth-order valence-electron chi connectivity index (χ4n) is 1.78. The van der Waals surface area contributed by atoms with Gasteiger partial charge in [0.2, 0.25) is 0 Å². The van der Waals surface area contributed by atoms with Gasteiger partial charge < -0.3 is 9.84 Å². The molecule has 1 aromatic rings. The second-order valence-corrected chi connectivity index (χ2v) is 3.72. The molecule has 4 nitrogen and oxygen atoms in total. The molecule has 0 spiro atoms. The number of benzene rings is 1. The Morgan fingerprint density at radius 3 is 2.29 bits per heavy atom. The van der Waals surface area contributed by atoms with Crippen molar-refractivity contribution >= 4 is 11.9 Å². The van der Waals surface area contributed by atoms with Crippen molar-refractivity contribution in [1.82, 2.24) is 0 Å². The standard InChI is InChI=1S/C13H16O4/c1-4-9-10(12(14)15)6-8(3)7-11(9)13(16)17-5-2/h6-7H,4-5H2,1-3H3,(H,14,15). The van der Waals surface area contributed by atoms with Crippen LogP contribution in [0.25, 0.3) is 0 Å². The van der Waals surface area contributed by atoms with Crippen molar-refractivity contribution < 1.29 is 19.4 Å². The Labute approximate surface area is 100 Å². The molecule has 0 heterocycles. The van der Waals surface area contributed by atoms with Gasteiger partial charge in [-0.25, -0.2) is 9.59 Å². The van der Waals surface area contributed by atoms with Crippen LogP contribution >= 0.6 is 0 Å². The van der Waals surface area contributed by atoms with Crippen LogP contribution in [-0.4, -0.2) is 23.7 Å². The molecule has 0 aliphatic heterocycles. The van der Waals surface area contributed by atoms with E-state index in [1.807, 2.05) is 6.92 Å². The summed E-state index contributed by atoms with van der Waals surface area (Å²) in [7, 11) is 0. The first-order chi connectivity index (χ1) is 8.01. The molecule has 0 aliphatic rings. The zero-order chi connectivity index (χ0) is 13.0. The monoisotopic (exact) mass is 236 g/mol. The van der Waals surface area contributed by atoms with Crippen molar-refractivity contribution in [1.29, 1.82) is 0 Å². The summed E-state index contributed by atoms with van der Waals surface area (Å²) in [6.45, 7) is 5.57. The van der Waals surface area contributed by atoms with Crippen molar-refractivity contribution in [2.24, 2.45) is 0 Å². The average molecular weight is 236 g/mol. The maximum atomic E-state index is 11.7. The van der Waals surface area contributed by atoms with Gasteiger partial charge in [-0.1, -0.05) is 6.92 Å². The van der Waals surface area contributed by atoms with Crippen molar-refractivity contribution in [2.75, 3.05) is 6.61 Å². The number of hydrogen-bond acceptors (Lipinski definition) is 3. The molecule has 0 fully saturated rings. The number of aromatic carboxylic acids is 1. The van der Waals surface area contributed by atoms with Gasteiger partial charge in [0.1, 0.15) is 0 Å². The van der Waals surface area contributed by atoms with Gasteiger partial charge in [0.05, 0.1) is 17.7 Å². The number of carbonyl (C=O) groups is 2. The van der Waals surface area contributed by atoms with E-state index >= 15 is 0 Å². The average Bonchev–Trinajstić information content (AvgIpc) is 2.28. The van der Waals surface area contributed by atoms with Crippen molar-refractivity contribution in [3.05, 3.63) is 34.4 Å². The summed E-state index contributed by atoms with van der Waals surface area (Å²) in [4.78, 5) is 22.8. The summed E-state index contributed by atoms with van der Waals surface area (Å²) in [5.41, 5.74) is 1.80. The molecule has 4 heteroatoms. The second kappa shape index (κ2) is 5.48. The summed E-state index contributed by atoms with van der Waals surface area (Å²) in [5, 5.41) is 9.11. The summed E-state index contributed by atoms with van der Waals surface area (Å²) >= 11 is 0. The third kappa shape index (κ3) is 2.84. The molecule has 1 aromatic carbocycles. The normalized spacial score (nSPS) is 10.1. The van der Waals surface area contributed by atoms with Crippen LogP contribution < -0.4 is 0 Å². The lowest BCUT2D eigenvalue weighted by molar-refractivity contribution is 0.0525. The molecule has 1 rings (SSSR count). The van der Waals surface area contributed by atoms with Crippen LogP contribution in [0.2, 0.25) is 0 Å². The summed E-state index contributed by atoms with van der Waals surface area (Å²) < 4.78 is 4.93. The van der Waals surface area contributed by atoms with Crippen LogP contribution in [0.4, 0.5) is 0 Å². The topological polar surface area (TPSA) is 63.6 Å².